The third-order valence-electron chi connectivity index (χ3n) is 5.08. The Labute approximate surface area is 146 Å². The SMILES string of the molecule is O=C(CN1C(=O)CSc2ccccc21)NCC1CCN(C2CC2)C1. The zero-order valence-corrected chi connectivity index (χ0v) is 14.6. The normalized spacial score (nSPS) is 24.1. The van der Waals surface area contributed by atoms with Crippen LogP contribution in [0, 0.1) is 5.92 Å². The first-order chi connectivity index (χ1) is 11.7. The number of nitrogens with zero attached hydrogens (tertiary/aromatic N) is 2. The lowest BCUT2D eigenvalue weighted by atomic mass is 10.1. The summed E-state index contributed by atoms with van der Waals surface area (Å²) in [6.07, 6.45) is 3.85. The highest BCUT2D eigenvalue weighted by atomic mass is 32.2. The van der Waals surface area contributed by atoms with Gasteiger partial charge in [0, 0.05) is 24.0 Å². The van der Waals surface area contributed by atoms with Gasteiger partial charge in [-0.2, -0.15) is 0 Å². The first-order valence-corrected chi connectivity index (χ1v) is 9.72. The van der Waals surface area contributed by atoms with E-state index in [1.54, 1.807) is 16.7 Å². The molecule has 24 heavy (non-hydrogen) atoms. The van der Waals surface area contributed by atoms with Crippen molar-refractivity contribution in [1.82, 2.24) is 10.2 Å². The minimum atomic E-state index is -0.0603. The summed E-state index contributed by atoms with van der Waals surface area (Å²) in [5, 5.41) is 3.04. The summed E-state index contributed by atoms with van der Waals surface area (Å²) < 4.78 is 0. The van der Waals surface area contributed by atoms with Crippen molar-refractivity contribution in [1.29, 1.82) is 0 Å². The number of anilines is 1. The molecule has 128 valence electrons. The Morgan fingerprint density at radius 3 is 2.92 bits per heavy atom. The van der Waals surface area contributed by atoms with Crippen molar-refractivity contribution >= 4 is 29.3 Å². The zero-order chi connectivity index (χ0) is 16.5. The number of likely N-dealkylation sites (tertiary alicyclic amines) is 1. The number of carbonyl (C=O) groups is 2. The van der Waals surface area contributed by atoms with E-state index in [4.69, 9.17) is 0 Å². The van der Waals surface area contributed by atoms with Crippen LogP contribution in [-0.4, -0.2) is 54.7 Å². The van der Waals surface area contributed by atoms with Crippen molar-refractivity contribution in [3.05, 3.63) is 24.3 Å². The predicted octanol–water partition coefficient (Wildman–Crippen LogP) is 1.73. The molecular weight excluding hydrogens is 322 g/mol. The van der Waals surface area contributed by atoms with E-state index in [1.807, 2.05) is 24.3 Å². The van der Waals surface area contributed by atoms with E-state index in [0.717, 1.165) is 29.7 Å². The molecule has 4 rings (SSSR count). The highest BCUT2D eigenvalue weighted by Gasteiger charge is 2.34. The summed E-state index contributed by atoms with van der Waals surface area (Å²) >= 11 is 1.54. The number of nitrogens with one attached hydrogen (secondary N) is 1. The Kier molecular flexibility index (Phi) is 4.50. The van der Waals surface area contributed by atoms with Crippen LogP contribution in [0.5, 0.6) is 0 Å². The zero-order valence-electron chi connectivity index (χ0n) is 13.7. The van der Waals surface area contributed by atoms with Gasteiger partial charge in [-0.05, 0) is 43.9 Å². The van der Waals surface area contributed by atoms with E-state index in [9.17, 15) is 9.59 Å². The monoisotopic (exact) mass is 345 g/mol. The number of hydrogen-bond donors (Lipinski definition) is 1. The summed E-state index contributed by atoms with van der Waals surface area (Å²) in [6, 6.07) is 8.60. The Bertz CT molecular complexity index is 647. The van der Waals surface area contributed by atoms with Crippen molar-refractivity contribution in [3.63, 3.8) is 0 Å². The highest BCUT2D eigenvalue weighted by Crippen LogP contribution is 2.34. The largest absolute Gasteiger partial charge is 0.354 e. The van der Waals surface area contributed by atoms with Crippen LogP contribution in [0.4, 0.5) is 5.69 Å². The number of thioether (sulfide) groups is 1. The van der Waals surface area contributed by atoms with Gasteiger partial charge in [0.15, 0.2) is 0 Å². The maximum Gasteiger partial charge on any atom is 0.240 e. The van der Waals surface area contributed by atoms with Crippen LogP contribution in [0.15, 0.2) is 29.2 Å². The van der Waals surface area contributed by atoms with Crippen molar-refractivity contribution < 1.29 is 9.59 Å². The second-order valence-electron chi connectivity index (χ2n) is 6.92. The van der Waals surface area contributed by atoms with Gasteiger partial charge in [-0.15, -0.1) is 11.8 Å². The van der Waals surface area contributed by atoms with E-state index < -0.39 is 0 Å². The number of hydrogen-bond acceptors (Lipinski definition) is 4. The molecule has 3 aliphatic rings. The Morgan fingerprint density at radius 2 is 2.08 bits per heavy atom. The average molecular weight is 345 g/mol. The fourth-order valence-electron chi connectivity index (χ4n) is 3.59. The van der Waals surface area contributed by atoms with Gasteiger partial charge in [0.2, 0.25) is 11.8 Å². The number of para-hydroxylation sites is 1. The van der Waals surface area contributed by atoms with Crippen molar-refractivity contribution in [3.8, 4) is 0 Å². The summed E-state index contributed by atoms with van der Waals surface area (Å²) in [7, 11) is 0. The second kappa shape index (κ2) is 6.76. The molecule has 0 aromatic heterocycles. The maximum atomic E-state index is 12.3. The van der Waals surface area contributed by atoms with E-state index in [-0.39, 0.29) is 18.4 Å². The van der Waals surface area contributed by atoms with E-state index in [1.165, 1.54) is 25.8 Å². The molecule has 1 saturated carbocycles. The lowest BCUT2D eigenvalue weighted by molar-refractivity contribution is -0.123. The quantitative estimate of drug-likeness (QED) is 0.883. The van der Waals surface area contributed by atoms with Crippen LogP contribution >= 0.6 is 11.8 Å². The van der Waals surface area contributed by atoms with Gasteiger partial charge in [-0.25, -0.2) is 0 Å². The predicted molar refractivity (Wildman–Crippen MR) is 95.2 cm³/mol. The summed E-state index contributed by atoms with van der Waals surface area (Å²) in [6.45, 7) is 3.11. The van der Waals surface area contributed by atoms with Crippen molar-refractivity contribution in [2.45, 2.75) is 30.2 Å². The van der Waals surface area contributed by atoms with Gasteiger partial charge in [-0.3, -0.25) is 9.59 Å². The molecule has 1 aromatic rings. The minimum absolute atomic E-state index is 0.00891. The van der Waals surface area contributed by atoms with Crippen LogP contribution < -0.4 is 10.2 Å². The van der Waals surface area contributed by atoms with Gasteiger partial charge in [0.05, 0.1) is 11.4 Å². The topological polar surface area (TPSA) is 52.7 Å². The van der Waals surface area contributed by atoms with Crippen LogP contribution in [-0.2, 0) is 9.59 Å². The fourth-order valence-corrected chi connectivity index (χ4v) is 4.52. The number of carbonyl (C=O) groups excluding carboxylic acids is 2. The molecule has 2 amide bonds. The molecule has 5 nitrogen and oxygen atoms in total. The van der Waals surface area contributed by atoms with Gasteiger partial charge in [-0.1, -0.05) is 12.1 Å². The molecule has 6 heteroatoms. The second-order valence-corrected chi connectivity index (χ2v) is 7.94. The fraction of sp³-hybridized carbons (Fsp3) is 0.556. The molecule has 1 N–H and O–H groups in total. The van der Waals surface area contributed by atoms with Crippen molar-refractivity contribution in [2.75, 3.05) is 36.8 Å². The van der Waals surface area contributed by atoms with Crippen LogP contribution in [0.2, 0.25) is 0 Å². The first-order valence-electron chi connectivity index (χ1n) is 8.73. The molecule has 1 unspecified atom stereocenters. The molecule has 2 aliphatic heterocycles. The third-order valence-corrected chi connectivity index (χ3v) is 6.13. The van der Waals surface area contributed by atoms with Crippen LogP contribution in [0.3, 0.4) is 0 Å². The molecule has 1 aromatic carbocycles. The van der Waals surface area contributed by atoms with Gasteiger partial charge in [0.1, 0.15) is 6.54 Å². The summed E-state index contributed by atoms with van der Waals surface area (Å²) in [5.41, 5.74) is 0.856. The maximum absolute atomic E-state index is 12.3. The Hall–Kier alpha value is -1.53. The molecule has 2 heterocycles. The van der Waals surface area contributed by atoms with E-state index in [0.29, 0.717) is 11.7 Å². The van der Waals surface area contributed by atoms with Gasteiger partial charge >= 0.3 is 0 Å². The van der Waals surface area contributed by atoms with Crippen LogP contribution in [0.1, 0.15) is 19.3 Å². The molecule has 0 spiro atoms. The van der Waals surface area contributed by atoms with Crippen LogP contribution in [0.25, 0.3) is 0 Å². The Balaban J connectivity index is 1.30. The van der Waals surface area contributed by atoms with E-state index in [2.05, 4.69) is 10.2 Å². The van der Waals surface area contributed by atoms with Gasteiger partial charge in [0.25, 0.3) is 0 Å². The number of benzene rings is 1. The number of rotatable bonds is 5. The molecule has 1 saturated heterocycles. The van der Waals surface area contributed by atoms with Crippen molar-refractivity contribution in [2.24, 2.45) is 5.92 Å². The highest BCUT2D eigenvalue weighted by molar-refractivity contribution is 8.00. The lowest BCUT2D eigenvalue weighted by Crippen LogP contribution is -2.44. The van der Waals surface area contributed by atoms with E-state index >= 15 is 0 Å². The summed E-state index contributed by atoms with van der Waals surface area (Å²) in [4.78, 5) is 29.8. The average Bonchev–Trinajstić information content (AvgIpc) is 3.34. The number of fused-ring (bicyclic) bond motifs is 1. The number of amides is 2. The van der Waals surface area contributed by atoms with Gasteiger partial charge < -0.3 is 15.1 Å². The third kappa shape index (κ3) is 3.44. The minimum Gasteiger partial charge on any atom is -0.354 e. The Morgan fingerprint density at radius 1 is 1.25 bits per heavy atom. The molecule has 0 bridgehead atoms. The molecule has 1 atom stereocenters. The first kappa shape index (κ1) is 16.0. The lowest BCUT2D eigenvalue weighted by Gasteiger charge is -2.28. The molecule has 1 aliphatic carbocycles. The molecular formula is C18H23N3O2S. The summed E-state index contributed by atoms with van der Waals surface area (Å²) in [5.74, 6) is 0.905. The molecule has 2 fully saturated rings. The smallest absolute Gasteiger partial charge is 0.240 e. The standard InChI is InChI=1S/C18H23N3O2S/c22-17(19-9-13-7-8-20(10-13)14-5-6-14)11-21-15-3-1-2-4-16(15)24-12-18(21)23/h1-4,13-14H,5-12H2,(H,19,22). The molecule has 0 radical (unpaired) electrons.